The van der Waals surface area contributed by atoms with Crippen molar-refractivity contribution in [3.63, 3.8) is 0 Å². The average Bonchev–Trinajstić information content (AvgIpc) is 2.74. The predicted octanol–water partition coefficient (Wildman–Crippen LogP) is 3.21. The van der Waals surface area contributed by atoms with Gasteiger partial charge in [0.2, 0.25) is 5.91 Å². The molecule has 1 heterocycles. The highest BCUT2D eigenvalue weighted by Gasteiger charge is 2.26. The number of hydrogen-bond donors (Lipinski definition) is 2. The quantitative estimate of drug-likeness (QED) is 0.721. The number of hydrogen-bond acceptors (Lipinski definition) is 4. The number of carbonyl (C=O) groups excluding carboxylic acids is 2. The van der Waals surface area contributed by atoms with Crippen molar-refractivity contribution in [3.8, 4) is 0 Å². The fourth-order valence-electron chi connectivity index (χ4n) is 2.75. The molecule has 1 aromatic rings. The van der Waals surface area contributed by atoms with Crippen molar-refractivity contribution in [2.45, 2.75) is 59.4 Å². The number of carbonyl (C=O) groups is 2. The van der Waals surface area contributed by atoms with Gasteiger partial charge in [-0.2, -0.15) is 0 Å². The van der Waals surface area contributed by atoms with Gasteiger partial charge in [0.15, 0.2) is 5.78 Å². The second kappa shape index (κ2) is 7.88. The Bertz CT molecular complexity index is 537. The van der Waals surface area contributed by atoms with Gasteiger partial charge in [0.25, 0.3) is 0 Å². The molecule has 0 aromatic carbocycles. The molecule has 0 saturated heterocycles. The Morgan fingerprint density at radius 2 is 1.95 bits per heavy atom. The van der Waals surface area contributed by atoms with E-state index in [1.54, 1.807) is 11.3 Å². The molecule has 1 aromatic heterocycles. The molecule has 0 aliphatic carbocycles. The highest BCUT2D eigenvalue weighted by Crippen LogP contribution is 2.22. The van der Waals surface area contributed by atoms with Crippen LogP contribution >= 0.6 is 11.3 Å². The largest absolute Gasteiger partial charge is 0.350 e. The van der Waals surface area contributed by atoms with E-state index in [0.717, 1.165) is 21.7 Å². The van der Waals surface area contributed by atoms with E-state index in [1.807, 2.05) is 26.8 Å². The zero-order valence-electron chi connectivity index (χ0n) is 14.3. The first kappa shape index (κ1) is 18.8. The minimum atomic E-state index is -0.400. The summed E-state index contributed by atoms with van der Waals surface area (Å²) in [6.07, 6.45) is 1.28. The zero-order valence-corrected chi connectivity index (χ0v) is 15.1. The molecule has 1 amide bonds. The van der Waals surface area contributed by atoms with Crippen molar-refractivity contribution in [2.75, 3.05) is 6.54 Å². The molecule has 0 bridgehead atoms. The number of rotatable bonds is 8. The Balaban J connectivity index is 2.55. The van der Waals surface area contributed by atoms with E-state index in [1.165, 1.54) is 0 Å². The van der Waals surface area contributed by atoms with Crippen molar-refractivity contribution in [2.24, 2.45) is 11.7 Å². The summed E-state index contributed by atoms with van der Waals surface area (Å²) in [6, 6.07) is 1.91. The molecule has 1 rings (SSSR count). The number of aryl methyl sites for hydroxylation is 2. The maximum Gasteiger partial charge on any atom is 0.220 e. The van der Waals surface area contributed by atoms with Gasteiger partial charge in [0, 0.05) is 40.2 Å². The van der Waals surface area contributed by atoms with Crippen LogP contribution in [0.3, 0.4) is 0 Å². The van der Waals surface area contributed by atoms with Crippen LogP contribution in [-0.4, -0.2) is 23.8 Å². The lowest BCUT2D eigenvalue weighted by atomic mass is 9.90. The maximum atomic E-state index is 12.2. The smallest absolute Gasteiger partial charge is 0.220 e. The summed E-state index contributed by atoms with van der Waals surface area (Å²) in [5, 5.41) is 2.99. The molecule has 0 saturated carbocycles. The average molecular weight is 324 g/mol. The summed E-state index contributed by atoms with van der Waals surface area (Å²) < 4.78 is 0. The molecule has 0 fully saturated rings. The number of thiophene rings is 1. The van der Waals surface area contributed by atoms with Crippen LogP contribution in [0, 0.1) is 19.8 Å². The minimum Gasteiger partial charge on any atom is -0.350 e. The molecule has 0 spiro atoms. The van der Waals surface area contributed by atoms with Crippen molar-refractivity contribution in [3.05, 3.63) is 21.4 Å². The van der Waals surface area contributed by atoms with Crippen LogP contribution in [0.2, 0.25) is 0 Å². The van der Waals surface area contributed by atoms with Crippen LogP contribution < -0.4 is 11.1 Å². The fourth-order valence-corrected chi connectivity index (χ4v) is 3.70. The van der Waals surface area contributed by atoms with Gasteiger partial charge in [-0.1, -0.05) is 13.8 Å². The first-order valence-corrected chi connectivity index (χ1v) is 8.60. The Labute approximate surface area is 137 Å². The van der Waals surface area contributed by atoms with Gasteiger partial charge in [0.1, 0.15) is 0 Å². The normalized spacial score (nSPS) is 14.0. The summed E-state index contributed by atoms with van der Waals surface area (Å²) in [7, 11) is 0. The van der Waals surface area contributed by atoms with E-state index in [9.17, 15) is 9.59 Å². The molecule has 124 valence electrons. The van der Waals surface area contributed by atoms with Crippen LogP contribution in [0.4, 0.5) is 0 Å². The molecule has 1 atom stereocenters. The van der Waals surface area contributed by atoms with Gasteiger partial charge in [-0.15, -0.1) is 11.3 Å². The third-order valence-electron chi connectivity index (χ3n) is 3.67. The Hall–Kier alpha value is -1.20. The van der Waals surface area contributed by atoms with Crippen LogP contribution in [-0.2, 0) is 4.79 Å². The van der Waals surface area contributed by atoms with Crippen molar-refractivity contribution < 1.29 is 9.59 Å². The Kier molecular flexibility index (Phi) is 6.75. The van der Waals surface area contributed by atoms with Crippen LogP contribution in [0.25, 0.3) is 0 Å². The van der Waals surface area contributed by atoms with Crippen molar-refractivity contribution in [1.29, 1.82) is 0 Å². The van der Waals surface area contributed by atoms with Crippen LogP contribution in [0.5, 0.6) is 0 Å². The lowest BCUT2D eigenvalue weighted by Crippen LogP contribution is -2.52. The van der Waals surface area contributed by atoms with E-state index in [-0.39, 0.29) is 24.5 Å². The lowest BCUT2D eigenvalue weighted by Gasteiger charge is -2.31. The van der Waals surface area contributed by atoms with Crippen LogP contribution in [0.15, 0.2) is 6.07 Å². The standard InChI is InChI=1S/C17H28N2O2S/c1-11(2)9-17(5,10-18)19-16(21)7-6-15(20)14-8-12(3)22-13(14)4/h8,11H,6-7,9-10,18H2,1-5H3,(H,19,21). The first-order valence-electron chi connectivity index (χ1n) is 7.78. The molecule has 0 aliphatic rings. The van der Waals surface area contributed by atoms with Gasteiger partial charge in [0.05, 0.1) is 0 Å². The molecule has 3 N–H and O–H groups in total. The highest BCUT2D eigenvalue weighted by atomic mass is 32.1. The molecule has 1 unspecified atom stereocenters. The van der Waals surface area contributed by atoms with Crippen LogP contribution in [0.1, 0.15) is 60.1 Å². The molecule has 4 nitrogen and oxygen atoms in total. The summed E-state index contributed by atoms with van der Waals surface area (Å²) in [5.41, 5.74) is 6.14. The fraction of sp³-hybridized carbons (Fsp3) is 0.647. The van der Waals surface area contributed by atoms with Crippen molar-refractivity contribution in [1.82, 2.24) is 5.32 Å². The first-order chi connectivity index (χ1) is 10.2. The van der Waals surface area contributed by atoms with Gasteiger partial charge in [-0.05, 0) is 39.2 Å². The third-order valence-corrected chi connectivity index (χ3v) is 4.64. The van der Waals surface area contributed by atoms with E-state index in [4.69, 9.17) is 5.73 Å². The summed E-state index contributed by atoms with van der Waals surface area (Å²) >= 11 is 1.61. The topological polar surface area (TPSA) is 72.2 Å². The Morgan fingerprint density at radius 3 is 2.41 bits per heavy atom. The minimum absolute atomic E-state index is 0.0373. The van der Waals surface area contributed by atoms with E-state index < -0.39 is 5.54 Å². The molecular weight excluding hydrogens is 296 g/mol. The van der Waals surface area contributed by atoms with Gasteiger partial charge in [-0.25, -0.2) is 0 Å². The van der Waals surface area contributed by atoms with E-state index in [2.05, 4.69) is 19.2 Å². The molecule has 22 heavy (non-hydrogen) atoms. The second-order valence-electron chi connectivity index (χ2n) is 6.66. The van der Waals surface area contributed by atoms with Gasteiger partial charge in [-0.3, -0.25) is 9.59 Å². The molecule has 5 heteroatoms. The summed E-state index contributed by atoms with van der Waals surface area (Å²) in [4.78, 5) is 26.5. The van der Waals surface area contributed by atoms with Crippen molar-refractivity contribution >= 4 is 23.0 Å². The van der Waals surface area contributed by atoms with E-state index in [0.29, 0.717) is 12.5 Å². The summed E-state index contributed by atoms with van der Waals surface area (Å²) in [5.74, 6) is 0.383. The second-order valence-corrected chi connectivity index (χ2v) is 8.12. The Morgan fingerprint density at radius 1 is 1.32 bits per heavy atom. The van der Waals surface area contributed by atoms with Gasteiger partial charge < -0.3 is 11.1 Å². The number of nitrogens with one attached hydrogen (secondary N) is 1. The van der Waals surface area contributed by atoms with Gasteiger partial charge >= 0.3 is 0 Å². The number of ketones is 1. The molecular formula is C17H28N2O2S. The number of amides is 1. The monoisotopic (exact) mass is 324 g/mol. The predicted molar refractivity (Wildman–Crippen MR) is 92.4 cm³/mol. The van der Waals surface area contributed by atoms with E-state index >= 15 is 0 Å². The highest BCUT2D eigenvalue weighted by molar-refractivity contribution is 7.12. The third kappa shape index (κ3) is 5.54. The number of Topliss-reactive ketones (excluding diaryl/α,β-unsaturated/α-hetero) is 1. The SMILES string of the molecule is Cc1cc(C(=O)CCC(=O)NC(C)(CN)CC(C)C)c(C)s1. The molecule has 0 radical (unpaired) electrons. The molecule has 0 aliphatic heterocycles. The summed E-state index contributed by atoms with van der Waals surface area (Å²) in [6.45, 7) is 10.5. The number of nitrogens with two attached hydrogens (primary N) is 1. The maximum absolute atomic E-state index is 12.2. The lowest BCUT2D eigenvalue weighted by molar-refractivity contribution is -0.122. The zero-order chi connectivity index (χ0) is 16.9.